The highest BCUT2D eigenvalue weighted by Gasteiger charge is 2.31. The molecule has 2 rings (SSSR count). The van der Waals surface area contributed by atoms with Gasteiger partial charge in [-0.15, -0.1) is 0 Å². The van der Waals surface area contributed by atoms with Crippen LogP contribution in [0.5, 0.6) is 5.75 Å². The first-order valence-electron chi connectivity index (χ1n) is 6.83. The van der Waals surface area contributed by atoms with Crippen molar-refractivity contribution < 1.29 is 10.2 Å². The zero-order chi connectivity index (χ0) is 14.2. The van der Waals surface area contributed by atoms with Crippen LogP contribution in [0.3, 0.4) is 0 Å². The molecule has 0 spiro atoms. The normalized spacial score (nSPS) is 23.2. The smallest absolute Gasteiger partial charge is 0.120 e. The van der Waals surface area contributed by atoms with E-state index in [1.165, 1.54) is 0 Å². The molecule has 106 valence electrons. The lowest BCUT2D eigenvalue weighted by atomic mass is 9.82. The summed E-state index contributed by atoms with van der Waals surface area (Å²) in [4.78, 5) is 0. The van der Waals surface area contributed by atoms with Crippen molar-refractivity contribution in [2.45, 2.75) is 57.8 Å². The Morgan fingerprint density at radius 3 is 2.63 bits per heavy atom. The average Bonchev–Trinajstić information content (AvgIpc) is 2.31. The van der Waals surface area contributed by atoms with Gasteiger partial charge in [0.05, 0.1) is 6.10 Å². The number of fused-ring (bicyclic) bond motifs is 1. The lowest BCUT2D eigenvalue weighted by molar-refractivity contribution is 0.0997. The molecule has 1 aromatic rings. The summed E-state index contributed by atoms with van der Waals surface area (Å²) in [5.74, 6) is 0.232. The quantitative estimate of drug-likeness (QED) is 0.654. The summed E-state index contributed by atoms with van der Waals surface area (Å²) in [5, 5.41) is 23.8. The Balaban J connectivity index is 2.32. The fraction of sp³-hybridized carbons (Fsp3) is 0.600. The van der Waals surface area contributed by atoms with Crippen LogP contribution in [0.25, 0.3) is 0 Å². The molecular formula is C15H24N2O2. The van der Waals surface area contributed by atoms with Gasteiger partial charge in [-0.3, -0.25) is 0 Å². The Labute approximate surface area is 114 Å². The molecule has 0 aromatic heterocycles. The molecule has 0 aliphatic heterocycles. The third kappa shape index (κ3) is 2.91. The van der Waals surface area contributed by atoms with E-state index in [-0.39, 0.29) is 17.3 Å². The van der Waals surface area contributed by atoms with Gasteiger partial charge in [0.15, 0.2) is 0 Å². The molecule has 0 bridgehead atoms. The molecule has 1 aliphatic carbocycles. The maximum absolute atomic E-state index is 10.5. The Morgan fingerprint density at radius 2 is 2.05 bits per heavy atom. The number of nitrogens with two attached hydrogens (primary N) is 1. The number of rotatable bonds is 2. The SMILES string of the molecule is CC(C)(C)N[C@H]1CCc2c(ccc(O)c2CN)[C@@H]1O. The van der Waals surface area contributed by atoms with Crippen molar-refractivity contribution in [1.29, 1.82) is 0 Å². The van der Waals surface area contributed by atoms with Gasteiger partial charge in [-0.1, -0.05) is 6.07 Å². The van der Waals surface area contributed by atoms with E-state index in [9.17, 15) is 10.2 Å². The number of aliphatic hydroxyl groups is 1. The molecule has 0 radical (unpaired) electrons. The van der Waals surface area contributed by atoms with Crippen LogP contribution in [0.4, 0.5) is 0 Å². The van der Waals surface area contributed by atoms with Crippen molar-refractivity contribution in [1.82, 2.24) is 5.32 Å². The summed E-state index contributed by atoms with van der Waals surface area (Å²) in [6.07, 6.45) is 1.14. The van der Waals surface area contributed by atoms with Gasteiger partial charge in [0, 0.05) is 23.7 Å². The first kappa shape index (κ1) is 14.3. The Morgan fingerprint density at radius 1 is 1.37 bits per heavy atom. The Kier molecular flexibility index (Phi) is 3.85. The van der Waals surface area contributed by atoms with E-state index in [0.717, 1.165) is 29.5 Å². The van der Waals surface area contributed by atoms with Crippen molar-refractivity contribution >= 4 is 0 Å². The minimum Gasteiger partial charge on any atom is -0.508 e. The van der Waals surface area contributed by atoms with Crippen LogP contribution >= 0.6 is 0 Å². The molecule has 2 atom stereocenters. The van der Waals surface area contributed by atoms with Crippen molar-refractivity contribution in [3.05, 3.63) is 28.8 Å². The molecule has 0 unspecified atom stereocenters. The molecule has 0 heterocycles. The topological polar surface area (TPSA) is 78.5 Å². The third-order valence-electron chi connectivity index (χ3n) is 3.67. The van der Waals surface area contributed by atoms with Crippen molar-refractivity contribution in [3.8, 4) is 5.75 Å². The Hall–Kier alpha value is -1.10. The maximum Gasteiger partial charge on any atom is 0.120 e. The number of hydrogen-bond acceptors (Lipinski definition) is 4. The van der Waals surface area contributed by atoms with Crippen molar-refractivity contribution in [3.63, 3.8) is 0 Å². The molecule has 5 N–H and O–H groups in total. The van der Waals surface area contributed by atoms with Crippen LogP contribution < -0.4 is 11.1 Å². The van der Waals surface area contributed by atoms with E-state index in [0.29, 0.717) is 6.54 Å². The van der Waals surface area contributed by atoms with E-state index < -0.39 is 6.10 Å². The van der Waals surface area contributed by atoms with Crippen molar-refractivity contribution in [2.24, 2.45) is 5.73 Å². The lowest BCUT2D eigenvalue weighted by Crippen LogP contribution is -2.48. The van der Waals surface area contributed by atoms with Crippen LogP contribution in [0.15, 0.2) is 12.1 Å². The van der Waals surface area contributed by atoms with Gasteiger partial charge < -0.3 is 21.3 Å². The van der Waals surface area contributed by atoms with E-state index in [2.05, 4.69) is 26.1 Å². The van der Waals surface area contributed by atoms with E-state index in [1.54, 1.807) is 6.07 Å². The third-order valence-corrected chi connectivity index (χ3v) is 3.67. The van der Waals surface area contributed by atoms with Gasteiger partial charge in [-0.2, -0.15) is 0 Å². The standard InChI is InChI=1S/C15H24N2O2/c1-15(2,3)17-12-6-4-9-10(14(12)19)5-7-13(18)11(9)8-16/h5,7,12,14,17-19H,4,6,8,16H2,1-3H3/t12-,14-/m0/s1. The molecule has 4 nitrogen and oxygen atoms in total. The monoisotopic (exact) mass is 264 g/mol. The van der Waals surface area contributed by atoms with Crippen molar-refractivity contribution in [2.75, 3.05) is 0 Å². The number of benzene rings is 1. The summed E-state index contributed by atoms with van der Waals surface area (Å²) in [7, 11) is 0. The molecule has 19 heavy (non-hydrogen) atoms. The van der Waals surface area contributed by atoms with E-state index in [1.807, 2.05) is 6.07 Å². The number of aliphatic hydroxyl groups excluding tert-OH is 1. The van der Waals surface area contributed by atoms with Crippen LogP contribution in [-0.4, -0.2) is 21.8 Å². The molecule has 4 heteroatoms. The molecule has 0 amide bonds. The summed E-state index contributed by atoms with van der Waals surface area (Å²) in [5.41, 5.74) is 8.35. The zero-order valence-corrected chi connectivity index (χ0v) is 11.9. The fourth-order valence-electron chi connectivity index (χ4n) is 2.88. The highest BCUT2D eigenvalue weighted by molar-refractivity contribution is 5.47. The van der Waals surface area contributed by atoms with Gasteiger partial charge in [0.25, 0.3) is 0 Å². The summed E-state index contributed by atoms with van der Waals surface area (Å²) >= 11 is 0. The minimum absolute atomic E-state index is 0.0310. The van der Waals surface area contributed by atoms with Crippen LogP contribution in [0.1, 0.15) is 50.0 Å². The molecule has 1 aromatic carbocycles. The molecular weight excluding hydrogens is 240 g/mol. The number of nitrogens with one attached hydrogen (secondary N) is 1. The van der Waals surface area contributed by atoms with Gasteiger partial charge >= 0.3 is 0 Å². The minimum atomic E-state index is -0.547. The van der Waals surface area contributed by atoms with E-state index >= 15 is 0 Å². The Bertz CT molecular complexity index is 466. The van der Waals surface area contributed by atoms with Gasteiger partial charge in [-0.05, 0) is 50.8 Å². The highest BCUT2D eigenvalue weighted by atomic mass is 16.3. The second-order valence-corrected chi connectivity index (χ2v) is 6.32. The largest absolute Gasteiger partial charge is 0.508 e. The second kappa shape index (κ2) is 5.12. The second-order valence-electron chi connectivity index (χ2n) is 6.32. The van der Waals surface area contributed by atoms with Gasteiger partial charge in [0.2, 0.25) is 0 Å². The maximum atomic E-state index is 10.5. The van der Waals surface area contributed by atoms with Gasteiger partial charge in [-0.25, -0.2) is 0 Å². The number of phenolic OH excluding ortho intramolecular Hbond substituents is 1. The van der Waals surface area contributed by atoms with Crippen LogP contribution in [0.2, 0.25) is 0 Å². The number of phenols is 1. The lowest BCUT2D eigenvalue weighted by Gasteiger charge is -2.36. The highest BCUT2D eigenvalue weighted by Crippen LogP contribution is 2.36. The predicted octanol–water partition coefficient (Wildman–Crippen LogP) is 1.59. The average molecular weight is 264 g/mol. The summed E-state index contributed by atoms with van der Waals surface area (Å²) in [6.45, 7) is 6.59. The first-order valence-corrected chi connectivity index (χ1v) is 6.83. The number of hydrogen-bond donors (Lipinski definition) is 4. The van der Waals surface area contributed by atoms with Gasteiger partial charge in [0.1, 0.15) is 5.75 Å². The zero-order valence-electron chi connectivity index (χ0n) is 11.9. The summed E-state index contributed by atoms with van der Waals surface area (Å²) in [6, 6.07) is 3.48. The fourth-order valence-corrected chi connectivity index (χ4v) is 2.88. The molecule has 0 saturated carbocycles. The molecule has 0 fully saturated rings. The predicted molar refractivity (Wildman–Crippen MR) is 76.0 cm³/mol. The summed E-state index contributed by atoms with van der Waals surface area (Å²) < 4.78 is 0. The van der Waals surface area contributed by atoms with E-state index in [4.69, 9.17) is 5.73 Å². The van der Waals surface area contributed by atoms with Crippen LogP contribution in [0, 0.1) is 0 Å². The first-order chi connectivity index (χ1) is 8.83. The van der Waals surface area contributed by atoms with Crippen LogP contribution in [-0.2, 0) is 13.0 Å². The molecule has 0 saturated heterocycles. The molecule has 1 aliphatic rings. The number of aromatic hydroxyl groups is 1.